The van der Waals surface area contributed by atoms with E-state index in [0.717, 1.165) is 19.4 Å². The molecule has 1 N–H and O–H groups in total. The summed E-state index contributed by atoms with van der Waals surface area (Å²) in [5.41, 5.74) is 1.39. The Morgan fingerprint density at radius 3 is 2.88 bits per heavy atom. The van der Waals surface area contributed by atoms with Crippen molar-refractivity contribution in [2.75, 3.05) is 13.2 Å². The van der Waals surface area contributed by atoms with E-state index in [2.05, 4.69) is 16.8 Å². The number of pyridine rings is 1. The standard InChI is InChI=1S/C19H24N2O3/c1-3-24-19(23)17-15(12-21-11-7-6-8-13(21)2)18(22)14-9-4-5-10-16(14)20-17/h4-5,9-10,13H,3,6-8,11-12H2,1-2H3,(H,20,22)/t13-/m1/s1. The largest absolute Gasteiger partial charge is 0.461 e. The van der Waals surface area contributed by atoms with Crippen molar-refractivity contribution in [3.63, 3.8) is 0 Å². The number of aromatic nitrogens is 1. The van der Waals surface area contributed by atoms with E-state index >= 15 is 0 Å². The fourth-order valence-electron chi connectivity index (χ4n) is 3.40. The van der Waals surface area contributed by atoms with Crippen LogP contribution in [-0.2, 0) is 11.3 Å². The molecule has 1 aliphatic heterocycles. The number of likely N-dealkylation sites (tertiary alicyclic amines) is 1. The Labute approximate surface area is 141 Å². The van der Waals surface area contributed by atoms with Gasteiger partial charge < -0.3 is 9.72 Å². The number of nitrogens with zero attached hydrogens (tertiary/aromatic N) is 1. The minimum atomic E-state index is -0.458. The molecule has 1 aromatic carbocycles. The molecule has 2 heterocycles. The second kappa shape index (κ2) is 7.18. The van der Waals surface area contributed by atoms with E-state index < -0.39 is 5.97 Å². The van der Waals surface area contributed by atoms with Gasteiger partial charge in [0.05, 0.1) is 6.61 Å². The highest BCUT2D eigenvalue weighted by Crippen LogP contribution is 2.21. The lowest BCUT2D eigenvalue weighted by Crippen LogP contribution is -2.39. The van der Waals surface area contributed by atoms with Gasteiger partial charge in [0.25, 0.3) is 0 Å². The minimum Gasteiger partial charge on any atom is -0.461 e. The quantitative estimate of drug-likeness (QED) is 0.876. The number of rotatable bonds is 4. The van der Waals surface area contributed by atoms with Crippen LogP contribution in [0.3, 0.4) is 0 Å². The third-order valence-corrected chi connectivity index (χ3v) is 4.79. The fraction of sp³-hybridized carbons (Fsp3) is 0.474. The van der Waals surface area contributed by atoms with Crippen molar-refractivity contribution in [3.05, 3.63) is 45.7 Å². The highest BCUT2D eigenvalue weighted by molar-refractivity contribution is 5.92. The number of aromatic amines is 1. The van der Waals surface area contributed by atoms with Crippen molar-refractivity contribution in [1.82, 2.24) is 9.88 Å². The third kappa shape index (κ3) is 3.22. The van der Waals surface area contributed by atoms with Gasteiger partial charge in [-0.25, -0.2) is 4.79 Å². The zero-order valence-corrected chi connectivity index (χ0v) is 14.3. The first kappa shape index (κ1) is 16.7. The van der Waals surface area contributed by atoms with Crippen LogP contribution >= 0.6 is 0 Å². The smallest absolute Gasteiger partial charge is 0.355 e. The molecule has 0 unspecified atom stereocenters. The van der Waals surface area contributed by atoms with E-state index in [-0.39, 0.29) is 12.0 Å². The maximum Gasteiger partial charge on any atom is 0.355 e. The Morgan fingerprint density at radius 1 is 1.33 bits per heavy atom. The summed E-state index contributed by atoms with van der Waals surface area (Å²) in [4.78, 5) is 30.8. The molecule has 1 fully saturated rings. The van der Waals surface area contributed by atoms with E-state index in [1.165, 1.54) is 6.42 Å². The Kier molecular flexibility index (Phi) is 5.00. The lowest BCUT2D eigenvalue weighted by Gasteiger charge is -2.33. The number of hydrogen-bond donors (Lipinski definition) is 1. The molecule has 3 rings (SSSR count). The minimum absolute atomic E-state index is 0.0785. The molecule has 0 aliphatic carbocycles. The first-order valence-corrected chi connectivity index (χ1v) is 8.67. The zero-order chi connectivity index (χ0) is 17.1. The first-order chi connectivity index (χ1) is 11.6. The van der Waals surface area contributed by atoms with Gasteiger partial charge in [-0.1, -0.05) is 18.6 Å². The van der Waals surface area contributed by atoms with Crippen LogP contribution < -0.4 is 5.43 Å². The predicted octanol–water partition coefficient (Wildman–Crippen LogP) is 3.08. The first-order valence-electron chi connectivity index (χ1n) is 8.67. The lowest BCUT2D eigenvalue weighted by atomic mass is 10.0. The van der Waals surface area contributed by atoms with Crippen molar-refractivity contribution in [3.8, 4) is 0 Å². The molecule has 24 heavy (non-hydrogen) atoms. The van der Waals surface area contributed by atoms with E-state index in [1.54, 1.807) is 13.0 Å². The van der Waals surface area contributed by atoms with E-state index in [1.807, 2.05) is 18.2 Å². The number of hydrogen-bond acceptors (Lipinski definition) is 4. The molecule has 1 aromatic heterocycles. The average molecular weight is 328 g/mol. The summed E-state index contributed by atoms with van der Waals surface area (Å²) >= 11 is 0. The third-order valence-electron chi connectivity index (χ3n) is 4.79. The van der Waals surface area contributed by atoms with Gasteiger partial charge in [0, 0.05) is 29.1 Å². The predicted molar refractivity (Wildman–Crippen MR) is 94.2 cm³/mol. The van der Waals surface area contributed by atoms with Crippen LogP contribution in [0.5, 0.6) is 0 Å². The molecule has 5 nitrogen and oxygen atoms in total. The molecule has 0 amide bonds. The van der Waals surface area contributed by atoms with Gasteiger partial charge in [0.2, 0.25) is 0 Å². The Balaban J connectivity index is 2.08. The number of H-pyrrole nitrogens is 1. The van der Waals surface area contributed by atoms with Crippen molar-refractivity contribution in [1.29, 1.82) is 0 Å². The molecule has 0 bridgehead atoms. The second-order valence-corrected chi connectivity index (χ2v) is 6.39. The highest BCUT2D eigenvalue weighted by atomic mass is 16.5. The van der Waals surface area contributed by atoms with Crippen molar-refractivity contribution in [2.45, 2.75) is 45.7 Å². The fourth-order valence-corrected chi connectivity index (χ4v) is 3.40. The average Bonchev–Trinajstić information content (AvgIpc) is 2.59. The molecule has 0 spiro atoms. The Bertz CT molecular complexity index is 797. The highest BCUT2D eigenvalue weighted by Gasteiger charge is 2.24. The molecule has 128 valence electrons. The number of carbonyl (C=O) groups is 1. The molecule has 1 aliphatic rings. The van der Waals surface area contributed by atoms with Crippen LogP contribution in [0, 0.1) is 0 Å². The van der Waals surface area contributed by atoms with Crippen LogP contribution in [-0.4, -0.2) is 35.0 Å². The van der Waals surface area contributed by atoms with Gasteiger partial charge in [0.15, 0.2) is 5.43 Å². The molecule has 1 atom stereocenters. The summed E-state index contributed by atoms with van der Waals surface area (Å²) in [5.74, 6) is -0.458. The number of para-hydroxylation sites is 1. The zero-order valence-electron chi connectivity index (χ0n) is 14.3. The summed E-state index contributed by atoms with van der Waals surface area (Å²) in [6.45, 7) is 5.67. The van der Waals surface area contributed by atoms with E-state index in [9.17, 15) is 9.59 Å². The van der Waals surface area contributed by atoms with Crippen molar-refractivity contribution >= 4 is 16.9 Å². The number of esters is 1. The van der Waals surface area contributed by atoms with Gasteiger partial charge >= 0.3 is 5.97 Å². The van der Waals surface area contributed by atoms with Gasteiger partial charge in [-0.15, -0.1) is 0 Å². The lowest BCUT2D eigenvalue weighted by molar-refractivity contribution is 0.0515. The molecule has 0 saturated carbocycles. The van der Waals surface area contributed by atoms with Crippen LogP contribution in [0.15, 0.2) is 29.1 Å². The van der Waals surface area contributed by atoms with Gasteiger partial charge in [-0.05, 0) is 45.4 Å². The normalized spacial score (nSPS) is 18.7. The summed E-state index contributed by atoms with van der Waals surface area (Å²) in [5, 5.41) is 0.616. The van der Waals surface area contributed by atoms with E-state index in [0.29, 0.717) is 34.7 Å². The molecule has 1 saturated heterocycles. The van der Waals surface area contributed by atoms with Crippen LogP contribution in [0.4, 0.5) is 0 Å². The van der Waals surface area contributed by atoms with Crippen LogP contribution in [0.2, 0.25) is 0 Å². The number of ether oxygens (including phenoxy) is 1. The molecule has 5 heteroatoms. The molecule has 0 radical (unpaired) electrons. The number of piperidine rings is 1. The maximum atomic E-state index is 13.0. The van der Waals surface area contributed by atoms with Gasteiger partial charge in [-0.3, -0.25) is 9.69 Å². The van der Waals surface area contributed by atoms with Crippen molar-refractivity contribution < 1.29 is 9.53 Å². The SMILES string of the molecule is CCOC(=O)c1[nH]c2ccccc2c(=O)c1CN1CCCC[C@H]1C. The number of benzene rings is 1. The Morgan fingerprint density at radius 2 is 2.12 bits per heavy atom. The maximum absolute atomic E-state index is 13.0. The van der Waals surface area contributed by atoms with E-state index in [4.69, 9.17) is 4.74 Å². The number of fused-ring (bicyclic) bond motifs is 1. The number of carbonyl (C=O) groups excluding carboxylic acids is 1. The summed E-state index contributed by atoms with van der Waals surface area (Å²) in [6, 6.07) is 7.72. The summed E-state index contributed by atoms with van der Waals surface area (Å²) in [6.07, 6.45) is 3.47. The van der Waals surface area contributed by atoms with Crippen LogP contribution in [0.1, 0.15) is 49.2 Å². The van der Waals surface area contributed by atoms with Gasteiger partial charge in [0.1, 0.15) is 5.69 Å². The molecular formula is C19H24N2O3. The van der Waals surface area contributed by atoms with Gasteiger partial charge in [-0.2, -0.15) is 0 Å². The van der Waals surface area contributed by atoms with Crippen LogP contribution in [0.25, 0.3) is 10.9 Å². The monoisotopic (exact) mass is 328 g/mol. The molecule has 2 aromatic rings. The van der Waals surface area contributed by atoms with Crippen molar-refractivity contribution in [2.24, 2.45) is 0 Å². The topological polar surface area (TPSA) is 62.4 Å². The number of nitrogens with one attached hydrogen (secondary N) is 1. The summed E-state index contributed by atoms with van der Waals surface area (Å²) in [7, 11) is 0. The summed E-state index contributed by atoms with van der Waals surface area (Å²) < 4.78 is 5.16. The second-order valence-electron chi connectivity index (χ2n) is 6.39. The molecular weight excluding hydrogens is 304 g/mol. The Hall–Kier alpha value is -2.14.